The molecule has 2 saturated heterocycles. The van der Waals surface area contributed by atoms with Crippen molar-refractivity contribution < 1.29 is 33.0 Å². The van der Waals surface area contributed by atoms with Crippen LogP contribution in [0.4, 0.5) is 21.8 Å². The van der Waals surface area contributed by atoms with Crippen molar-refractivity contribution >= 4 is 69.2 Å². The van der Waals surface area contributed by atoms with Crippen LogP contribution in [0.5, 0.6) is 5.75 Å². The molecule has 64 heavy (non-hydrogen) atoms. The summed E-state index contributed by atoms with van der Waals surface area (Å²) in [7, 11) is 1.52. The second-order valence-corrected chi connectivity index (χ2v) is 17.3. The lowest BCUT2D eigenvalue weighted by Gasteiger charge is -2.36. The Morgan fingerprint density at radius 2 is 1.77 bits per heavy atom. The number of carbonyl (C=O) groups is 4. The molecule has 0 radical (unpaired) electrons. The van der Waals surface area contributed by atoms with E-state index in [1.54, 1.807) is 29.0 Å². The Labute approximate surface area is 374 Å². The van der Waals surface area contributed by atoms with Crippen LogP contribution in [0.25, 0.3) is 16.5 Å². The lowest BCUT2D eigenvalue weighted by molar-refractivity contribution is -0.137. The molecule has 6 heterocycles. The Kier molecular flexibility index (Phi) is 13.6. The number of nitrogens with zero attached hydrogens (tertiary/aromatic N) is 5. The molecule has 4 aromatic rings. The van der Waals surface area contributed by atoms with Crippen molar-refractivity contribution in [2.75, 3.05) is 50.1 Å². The topological polar surface area (TPSA) is 189 Å². The minimum Gasteiger partial charge on any atom is -0.478 e. The van der Waals surface area contributed by atoms with Crippen molar-refractivity contribution in [1.82, 2.24) is 35.4 Å². The number of ether oxygens (including phenoxy) is 2. The van der Waals surface area contributed by atoms with Crippen LogP contribution < -0.4 is 36.5 Å². The standard InChI is InChI=1S/C28H35ClN6O4.C18H18FN3O3/c1-17(2)35-23-8-7-19(13-18(23)14-24(27(35)37)38-16-25(36)30-3)32-26-22(29)15-31-28(33-26)34-11-9-21(10-12-34)39-20-5-4-6-20;19-16-11(10-5-7-20-8-6-10)1-2-12-13(16)9-22(18(12)25)14-3-4-15(23)21-17(14)24/h7-8,13-15,17,20-21H,4-6,9-12,16H2,1-3H3,(H,30,36)(H,31,32,33);1-2,5,14,20H,3-4,6-9H2,(H,21,23,24). The third kappa shape index (κ3) is 9.61. The maximum atomic E-state index is 15.0. The third-order valence-electron chi connectivity index (χ3n) is 12.4. The van der Waals surface area contributed by atoms with E-state index in [9.17, 15) is 24.0 Å². The predicted octanol–water partition coefficient (Wildman–Crippen LogP) is 5.40. The van der Waals surface area contributed by atoms with E-state index in [0.29, 0.717) is 52.2 Å². The fourth-order valence-electron chi connectivity index (χ4n) is 8.65. The number of hydrogen-bond donors (Lipinski definition) is 4. The van der Waals surface area contributed by atoms with Crippen LogP contribution in [-0.4, -0.2) is 101 Å². The van der Waals surface area contributed by atoms with Gasteiger partial charge in [0.25, 0.3) is 17.4 Å². The predicted molar refractivity (Wildman–Crippen MR) is 240 cm³/mol. The summed E-state index contributed by atoms with van der Waals surface area (Å²) < 4.78 is 28.4. The summed E-state index contributed by atoms with van der Waals surface area (Å²) in [4.78, 5) is 73.5. The second kappa shape index (κ2) is 19.5. The zero-order valence-electron chi connectivity index (χ0n) is 36.2. The number of pyridine rings is 1. The van der Waals surface area contributed by atoms with Crippen LogP contribution >= 0.6 is 11.6 Å². The summed E-state index contributed by atoms with van der Waals surface area (Å²) in [6.07, 6.45) is 11.1. The zero-order chi connectivity index (χ0) is 45.1. The highest BCUT2D eigenvalue weighted by Crippen LogP contribution is 2.35. The Bertz CT molecular complexity index is 2550. The van der Waals surface area contributed by atoms with Crippen molar-refractivity contribution in [2.45, 2.75) is 96.1 Å². The van der Waals surface area contributed by atoms with E-state index < -0.39 is 11.9 Å². The van der Waals surface area contributed by atoms with Gasteiger partial charge in [-0.2, -0.15) is 4.98 Å². The number of halogens is 2. The van der Waals surface area contributed by atoms with E-state index in [1.807, 2.05) is 38.1 Å². The molecule has 1 saturated carbocycles. The molecule has 3 fully saturated rings. The van der Waals surface area contributed by atoms with Gasteiger partial charge in [-0.3, -0.25) is 29.3 Å². The molecule has 0 spiro atoms. The minimum atomic E-state index is -0.724. The highest BCUT2D eigenvalue weighted by molar-refractivity contribution is 6.33. The lowest BCUT2D eigenvalue weighted by atomic mass is 9.95. The number of hydrogen-bond acceptors (Lipinski definition) is 12. The fourth-order valence-corrected chi connectivity index (χ4v) is 8.79. The molecular formula is C46H53ClFN9O7. The van der Waals surface area contributed by atoms with Crippen molar-refractivity contribution in [3.63, 3.8) is 0 Å². The van der Waals surface area contributed by atoms with Crippen molar-refractivity contribution in [3.05, 3.63) is 86.6 Å². The maximum absolute atomic E-state index is 15.0. The number of piperidine rings is 2. The summed E-state index contributed by atoms with van der Waals surface area (Å²) in [5.41, 5.74) is 3.32. The number of rotatable bonds is 11. The van der Waals surface area contributed by atoms with E-state index in [-0.39, 0.29) is 66.9 Å². The molecule has 338 valence electrons. The molecule has 0 bridgehead atoms. The van der Waals surface area contributed by atoms with Crippen LogP contribution in [0.2, 0.25) is 5.02 Å². The number of likely N-dealkylation sites (N-methyl/N-ethyl adjacent to an activating group) is 1. The van der Waals surface area contributed by atoms with Crippen LogP contribution in [0.3, 0.4) is 0 Å². The number of fused-ring (bicyclic) bond motifs is 2. The van der Waals surface area contributed by atoms with Crippen molar-refractivity contribution in [3.8, 4) is 5.75 Å². The average Bonchev–Trinajstić information content (AvgIpc) is 3.61. The first-order valence-corrected chi connectivity index (χ1v) is 22.3. The van der Waals surface area contributed by atoms with Gasteiger partial charge in [-0.25, -0.2) is 9.37 Å². The summed E-state index contributed by atoms with van der Waals surface area (Å²) in [5.74, 6) is -0.626. The molecule has 4 aliphatic heterocycles. The Morgan fingerprint density at radius 3 is 2.45 bits per heavy atom. The van der Waals surface area contributed by atoms with E-state index in [0.717, 1.165) is 61.1 Å². The highest BCUT2D eigenvalue weighted by Gasteiger charge is 2.40. The molecule has 1 aliphatic carbocycles. The first-order chi connectivity index (χ1) is 30.9. The molecule has 2 aromatic carbocycles. The molecule has 4 N–H and O–H groups in total. The van der Waals surface area contributed by atoms with Gasteiger partial charge < -0.3 is 39.8 Å². The van der Waals surface area contributed by atoms with Gasteiger partial charge in [0.15, 0.2) is 18.2 Å². The number of benzene rings is 2. The Morgan fingerprint density at radius 1 is 1.00 bits per heavy atom. The van der Waals surface area contributed by atoms with Gasteiger partial charge in [-0.15, -0.1) is 0 Å². The average molecular weight is 898 g/mol. The van der Waals surface area contributed by atoms with E-state index >= 15 is 4.39 Å². The van der Waals surface area contributed by atoms with Gasteiger partial charge in [-0.05, 0) is 101 Å². The van der Waals surface area contributed by atoms with E-state index in [1.165, 1.54) is 31.2 Å². The number of imide groups is 1. The summed E-state index contributed by atoms with van der Waals surface area (Å²) in [5, 5.41) is 12.4. The van der Waals surface area contributed by atoms with Gasteiger partial charge in [0.05, 0.1) is 30.5 Å². The normalized spacial score (nSPS) is 19.1. The van der Waals surface area contributed by atoms with Gasteiger partial charge in [0, 0.05) is 66.9 Å². The number of carbonyl (C=O) groups excluding carboxylic acids is 4. The quantitative estimate of drug-likeness (QED) is 0.141. The molecular weight excluding hydrogens is 845 g/mol. The van der Waals surface area contributed by atoms with Crippen LogP contribution in [0.15, 0.2) is 53.5 Å². The molecule has 2 aromatic heterocycles. The van der Waals surface area contributed by atoms with Gasteiger partial charge in [0.1, 0.15) is 16.9 Å². The molecule has 5 aliphatic rings. The highest BCUT2D eigenvalue weighted by atomic mass is 35.5. The monoisotopic (exact) mass is 897 g/mol. The number of amides is 4. The largest absolute Gasteiger partial charge is 0.478 e. The van der Waals surface area contributed by atoms with E-state index in [4.69, 9.17) is 26.1 Å². The molecule has 1 atom stereocenters. The van der Waals surface area contributed by atoms with Crippen molar-refractivity contribution in [1.29, 1.82) is 0 Å². The summed E-state index contributed by atoms with van der Waals surface area (Å²) >= 11 is 6.47. The molecule has 4 amide bonds. The summed E-state index contributed by atoms with van der Waals surface area (Å²) in [6.45, 7) is 6.85. The number of anilines is 3. The van der Waals surface area contributed by atoms with Crippen molar-refractivity contribution in [2.24, 2.45) is 0 Å². The minimum absolute atomic E-state index is 0.0612. The number of nitrogens with one attached hydrogen (secondary N) is 4. The van der Waals surface area contributed by atoms with E-state index in [2.05, 4.69) is 31.2 Å². The smallest absolute Gasteiger partial charge is 0.293 e. The first-order valence-electron chi connectivity index (χ1n) is 22.0. The Balaban J connectivity index is 0.000000192. The third-order valence-corrected chi connectivity index (χ3v) is 12.6. The van der Waals surface area contributed by atoms with Gasteiger partial charge in [-0.1, -0.05) is 23.7 Å². The Hall–Kier alpha value is -5.91. The molecule has 1 unspecified atom stereocenters. The zero-order valence-corrected chi connectivity index (χ0v) is 36.9. The lowest BCUT2D eigenvalue weighted by Crippen LogP contribution is -2.52. The van der Waals surface area contributed by atoms with Crippen LogP contribution in [-0.2, 0) is 25.7 Å². The van der Waals surface area contributed by atoms with Gasteiger partial charge >= 0.3 is 0 Å². The molecule has 9 rings (SSSR count). The molecule has 18 heteroatoms. The second-order valence-electron chi connectivity index (χ2n) is 16.9. The number of aromatic nitrogens is 3. The van der Waals surface area contributed by atoms with Crippen LogP contribution in [0, 0.1) is 5.82 Å². The summed E-state index contributed by atoms with van der Waals surface area (Å²) in [6, 6.07) is 9.79. The van der Waals surface area contributed by atoms with Crippen LogP contribution in [0.1, 0.15) is 92.7 Å². The molecule has 16 nitrogen and oxygen atoms in total. The first kappa shape index (κ1) is 44.7. The maximum Gasteiger partial charge on any atom is 0.293 e. The fraction of sp³-hybridized carbons (Fsp3) is 0.457. The van der Waals surface area contributed by atoms with Gasteiger partial charge in [0.2, 0.25) is 17.8 Å². The SMILES string of the molecule is CNC(=O)COc1cc2cc(Nc3nc(N4CCC(OC5CCC5)CC4)ncc3Cl)ccc2n(C(C)C)c1=O.O=C1CCC(N2Cc3c(ccc(C4=CCNCC4)c3F)C2=O)C(=O)N1.